The SMILES string of the molecule is CC1=NNC(=O)CC1C(O)c1cccc(C(F)(F)F)c1. The number of aliphatic hydroxyl groups excluding tert-OH is 1. The minimum Gasteiger partial charge on any atom is -0.388 e. The molecule has 0 bridgehead atoms. The quantitative estimate of drug-likeness (QED) is 0.876. The van der Waals surface area contributed by atoms with Crippen LogP contribution in [0.1, 0.15) is 30.6 Å². The first-order valence-corrected chi connectivity index (χ1v) is 5.97. The highest BCUT2D eigenvalue weighted by molar-refractivity contribution is 5.93. The number of hydrogen-bond acceptors (Lipinski definition) is 3. The van der Waals surface area contributed by atoms with Crippen molar-refractivity contribution in [2.24, 2.45) is 11.0 Å². The van der Waals surface area contributed by atoms with Crippen molar-refractivity contribution in [3.8, 4) is 0 Å². The molecule has 1 aromatic carbocycles. The molecule has 1 heterocycles. The summed E-state index contributed by atoms with van der Waals surface area (Å²) in [6.07, 6.45) is -5.68. The van der Waals surface area contributed by atoms with Crippen LogP contribution in [0.2, 0.25) is 0 Å². The van der Waals surface area contributed by atoms with E-state index in [1.54, 1.807) is 6.92 Å². The average Bonchev–Trinajstić information content (AvgIpc) is 2.40. The van der Waals surface area contributed by atoms with Crippen molar-refractivity contribution in [3.05, 3.63) is 35.4 Å². The highest BCUT2D eigenvalue weighted by atomic mass is 19.4. The van der Waals surface area contributed by atoms with E-state index in [2.05, 4.69) is 10.5 Å². The molecular formula is C13H13F3N2O2. The first-order valence-electron chi connectivity index (χ1n) is 5.97. The maximum Gasteiger partial charge on any atom is 0.416 e. The third kappa shape index (κ3) is 2.98. The van der Waals surface area contributed by atoms with E-state index >= 15 is 0 Å². The van der Waals surface area contributed by atoms with Crippen molar-refractivity contribution in [2.45, 2.75) is 25.6 Å². The van der Waals surface area contributed by atoms with Gasteiger partial charge in [0.05, 0.1) is 11.7 Å². The van der Waals surface area contributed by atoms with Gasteiger partial charge in [-0.1, -0.05) is 12.1 Å². The zero-order valence-corrected chi connectivity index (χ0v) is 10.6. The number of nitrogens with one attached hydrogen (secondary N) is 1. The van der Waals surface area contributed by atoms with Gasteiger partial charge in [0.25, 0.3) is 0 Å². The van der Waals surface area contributed by atoms with Gasteiger partial charge in [0.1, 0.15) is 0 Å². The van der Waals surface area contributed by atoms with Gasteiger partial charge in [-0.2, -0.15) is 18.3 Å². The van der Waals surface area contributed by atoms with Crippen LogP contribution >= 0.6 is 0 Å². The smallest absolute Gasteiger partial charge is 0.388 e. The van der Waals surface area contributed by atoms with Gasteiger partial charge in [0.2, 0.25) is 5.91 Å². The minimum absolute atomic E-state index is 0.00720. The van der Waals surface area contributed by atoms with Gasteiger partial charge in [-0.3, -0.25) is 4.79 Å². The van der Waals surface area contributed by atoms with Gasteiger partial charge >= 0.3 is 6.18 Å². The number of halogens is 3. The number of carbonyl (C=O) groups is 1. The molecule has 0 saturated carbocycles. The lowest BCUT2D eigenvalue weighted by molar-refractivity contribution is -0.137. The summed E-state index contributed by atoms with van der Waals surface area (Å²) >= 11 is 0. The largest absolute Gasteiger partial charge is 0.416 e. The Bertz CT molecular complexity index is 555. The van der Waals surface area contributed by atoms with E-state index in [4.69, 9.17) is 0 Å². The Labute approximate surface area is 113 Å². The number of benzene rings is 1. The standard InChI is InChI=1S/C13H13F3N2O2/c1-7-10(6-11(19)18-17-7)12(20)8-3-2-4-9(5-8)13(14,15)16/h2-5,10,12,20H,6H2,1H3,(H,18,19). The zero-order valence-electron chi connectivity index (χ0n) is 10.6. The summed E-state index contributed by atoms with van der Waals surface area (Å²) < 4.78 is 37.9. The molecule has 2 N–H and O–H groups in total. The summed E-state index contributed by atoms with van der Waals surface area (Å²) in [6.45, 7) is 1.61. The number of hydrogen-bond donors (Lipinski definition) is 2. The minimum atomic E-state index is -4.47. The Balaban J connectivity index is 2.29. The van der Waals surface area contributed by atoms with Gasteiger partial charge in [0, 0.05) is 18.1 Å². The van der Waals surface area contributed by atoms with E-state index in [0.717, 1.165) is 12.1 Å². The number of carbonyl (C=O) groups excluding carboxylic acids is 1. The first-order chi connectivity index (χ1) is 9.29. The van der Waals surface area contributed by atoms with Crippen LogP contribution in [0.25, 0.3) is 0 Å². The Kier molecular flexibility index (Phi) is 3.80. The molecule has 1 amide bonds. The van der Waals surface area contributed by atoms with E-state index in [9.17, 15) is 23.1 Å². The van der Waals surface area contributed by atoms with E-state index in [1.807, 2.05) is 0 Å². The molecule has 108 valence electrons. The average molecular weight is 286 g/mol. The van der Waals surface area contributed by atoms with Crippen LogP contribution < -0.4 is 5.43 Å². The Morgan fingerprint density at radius 3 is 2.80 bits per heavy atom. The number of rotatable bonds is 2. The summed E-state index contributed by atoms with van der Waals surface area (Å²) in [4.78, 5) is 11.3. The maximum absolute atomic E-state index is 12.6. The van der Waals surface area contributed by atoms with Crippen LogP contribution in [0.15, 0.2) is 29.4 Å². The first kappa shape index (κ1) is 14.5. The fourth-order valence-electron chi connectivity index (χ4n) is 2.10. The van der Waals surface area contributed by atoms with E-state index < -0.39 is 23.8 Å². The number of alkyl halides is 3. The molecular weight excluding hydrogens is 273 g/mol. The Morgan fingerprint density at radius 2 is 2.15 bits per heavy atom. The van der Waals surface area contributed by atoms with Crippen LogP contribution in [0.5, 0.6) is 0 Å². The molecule has 7 heteroatoms. The second-order valence-electron chi connectivity index (χ2n) is 4.67. The molecule has 0 saturated heterocycles. The molecule has 1 aromatic rings. The molecule has 0 fully saturated rings. The van der Waals surface area contributed by atoms with E-state index in [0.29, 0.717) is 5.71 Å². The van der Waals surface area contributed by atoms with Crippen LogP contribution in [-0.2, 0) is 11.0 Å². The lowest BCUT2D eigenvalue weighted by Gasteiger charge is -2.25. The van der Waals surface area contributed by atoms with Crippen LogP contribution in [0.3, 0.4) is 0 Å². The van der Waals surface area contributed by atoms with Crippen molar-refractivity contribution in [2.75, 3.05) is 0 Å². The lowest BCUT2D eigenvalue weighted by atomic mass is 9.88. The molecule has 0 radical (unpaired) electrons. The van der Waals surface area contributed by atoms with Gasteiger partial charge in [-0.15, -0.1) is 0 Å². The fraction of sp³-hybridized carbons (Fsp3) is 0.385. The third-order valence-electron chi connectivity index (χ3n) is 3.24. The monoisotopic (exact) mass is 286 g/mol. The number of nitrogens with zero attached hydrogens (tertiary/aromatic N) is 1. The number of aliphatic hydroxyl groups is 1. The topological polar surface area (TPSA) is 61.7 Å². The van der Waals surface area contributed by atoms with Crippen molar-refractivity contribution >= 4 is 11.6 Å². The van der Waals surface area contributed by atoms with Crippen molar-refractivity contribution in [1.29, 1.82) is 0 Å². The molecule has 2 unspecified atom stereocenters. The van der Waals surface area contributed by atoms with Crippen molar-refractivity contribution < 1.29 is 23.1 Å². The lowest BCUT2D eigenvalue weighted by Crippen LogP contribution is -2.34. The Hall–Kier alpha value is -1.89. The highest BCUT2D eigenvalue weighted by Gasteiger charge is 2.33. The van der Waals surface area contributed by atoms with Gasteiger partial charge in [0.15, 0.2) is 0 Å². The molecule has 4 nitrogen and oxygen atoms in total. The van der Waals surface area contributed by atoms with Gasteiger partial charge in [-0.05, 0) is 24.6 Å². The van der Waals surface area contributed by atoms with Crippen LogP contribution in [-0.4, -0.2) is 16.7 Å². The third-order valence-corrected chi connectivity index (χ3v) is 3.24. The van der Waals surface area contributed by atoms with Crippen LogP contribution in [0.4, 0.5) is 13.2 Å². The summed E-state index contributed by atoms with van der Waals surface area (Å²) in [5.41, 5.74) is 2.03. The predicted octanol–water partition coefficient (Wildman–Crippen LogP) is 2.25. The summed E-state index contributed by atoms with van der Waals surface area (Å²) in [5.74, 6) is -0.987. The predicted molar refractivity (Wildman–Crippen MR) is 65.8 cm³/mol. The van der Waals surface area contributed by atoms with E-state index in [-0.39, 0.29) is 17.9 Å². The maximum atomic E-state index is 12.6. The molecule has 2 atom stereocenters. The normalized spacial score (nSPS) is 21.1. The molecule has 0 aliphatic carbocycles. The summed E-state index contributed by atoms with van der Waals surface area (Å²) in [5, 5.41) is 13.9. The van der Waals surface area contributed by atoms with Crippen molar-refractivity contribution in [1.82, 2.24) is 5.43 Å². The van der Waals surface area contributed by atoms with Gasteiger partial charge < -0.3 is 5.11 Å². The van der Waals surface area contributed by atoms with Crippen LogP contribution in [0, 0.1) is 5.92 Å². The molecule has 20 heavy (non-hydrogen) atoms. The molecule has 0 spiro atoms. The second kappa shape index (κ2) is 5.24. The fourth-order valence-corrected chi connectivity index (χ4v) is 2.10. The zero-order chi connectivity index (χ0) is 14.9. The summed E-state index contributed by atoms with van der Waals surface area (Å²) in [6, 6.07) is 4.46. The Morgan fingerprint density at radius 1 is 1.45 bits per heavy atom. The number of hydrazone groups is 1. The second-order valence-corrected chi connectivity index (χ2v) is 4.67. The van der Waals surface area contributed by atoms with E-state index in [1.165, 1.54) is 12.1 Å². The highest BCUT2D eigenvalue weighted by Crippen LogP contribution is 2.33. The summed E-state index contributed by atoms with van der Waals surface area (Å²) in [7, 11) is 0. The molecule has 2 rings (SSSR count). The number of amides is 1. The molecule has 0 aromatic heterocycles. The van der Waals surface area contributed by atoms with Gasteiger partial charge in [-0.25, -0.2) is 5.43 Å². The molecule has 1 aliphatic heterocycles. The molecule has 1 aliphatic rings. The van der Waals surface area contributed by atoms with Crippen molar-refractivity contribution in [3.63, 3.8) is 0 Å².